The second-order valence-corrected chi connectivity index (χ2v) is 14.2. The van der Waals surface area contributed by atoms with Gasteiger partial charge in [0.05, 0.1) is 6.61 Å². The SMILES string of the molecule is CC/C=C/C=C/C=C/C=C/CCCCCC(=O)OC(COC(=O)CCCCCCCCCCCC/C=C/C=C/CCCCCC)COP(=O)(O)O. The number of hydrogen-bond donors (Lipinski definition) is 2. The number of hydrogen-bond acceptors (Lipinski definition) is 6. The van der Waals surface area contributed by atoms with Gasteiger partial charge < -0.3 is 19.3 Å². The van der Waals surface area contributed by atoms with Crippen molar-refractivity contribution in [1.82, 2.24) is 0 Å². The molecule has 51 heavy (non-hydrogen) atoms. The Kier molecular flexibility index (Phi) is 35.4. The van der Waals surface area contributed by atoms with Gasteiger partial charge in [-0.05, 0) is 57.8 Å². The zero-order valence-electron chi connectivity index (χ0n) is 32.0. The molecule has 0 amide bonds. The largest absolute Gasteiger partial charge is 0.469 e. The number of rotatable bonds is 35. The predicted octanol–water partition coefficient (Wildman–Crippen LogP) is 11.9. The van der Waals surface area contributed by atoms with Gasteiger partial charge in [0, 0.05) is 12.8 Å². The molecule has 0 aliphatic heterocycles. The third kappa shape index (κ3) is 40.1. The Morgan fingerprint density at radius 2 is 0.941 bits per heavy atom. The third-order valence-electron chi connectivity index (χ3n) is 8.08. The molecule has 0 saturated carbocycles. The van der Waals surface area contributed by atoms with Crippen molar-refractivity contribution in [3.05, 3.63) is 72.9 Å². The van der Waals surface area contributed by atoms with Gasteiger partial charge in [-0.3, -0.25) is 14.1 Å². The lowest BCUT2D eigenvalue weighted by atomic mass is 10.1. The molecule has 292 valence electrons. The summed E-state index contributed by atoms with van der Waals surface area (Å²) in [4.78, 5) is 42.7. The zero-order chi connectivity index (χ0) is 37.5. The summed E-state index contributed by atoms with van der Waals surface area (Å²) in [5, 5.41) is 0. The van der Waals surface area contributed by atoms with Crippen molar-refractivity contribution >= 4 is 19.8 Å². The van der Waals surface area contributed by atoms with Gasteiger partial charge in [0.1, 0.15) is 6.61 Å². The summed E-state index contributed by atoms with van der Waals surface area (Å²) in [5.41, 5.74) is 0. The summed E-state index contributed by atoms with van der Waals surface area (Å²) in [6, 6.07) is 0. The molecule has 0 rings (SSSR count). The van der Waals surface area contributed by atoms with Crippen LogP contribution in [0.3, 0.4) is 0 Å². The minimum Gasteiger partial charge on any atom is -0.462 e. The van der Waals surface area contributed by atoms with Crippen LogP contribution in [0.5, 0.6) is 0 Å². The fourth-order valence-electron chi connectivity index (χ4n) is 5.14. The lowest BCUT2D eigenvalue weighted by Crippen LogP contribution is -2.29. The first-order chi connectivity index (χ1) is 24.8. The number of esters is 2. The van der Waals surface area contributed by atoms with Crippen molar-refractivity contribution in [2.75, 3.05) is 13.2 Å². The monoisotopic (exact) mass is 734 g/mol. The minimum absolute atomic E-state index is 0.162. The molecular formula is C42H71O8P. The van der Waals surface area contributed by atoms with Crippen LogP contribution >= 0.6 is 7.82 Å². The van der Waals surface area contributed by atoms with Crippen molar-refractivity contribution in [1.29, 1.82) is 0 Å². The molecule has 2 N–H and O–H groups in total. The molecule has 1 atom stereocenters. The highest BCUT2D eigenvalue weighted by atomic mass is 31.2. The van der Waals surface area contributed by atoms with Crippen LogP contribution in [0.2, 0.25) is 0 Å². The van der Waals surface area contributed by atoms with E-state index in [1.54, 1.807) is 0 Å². The van der Waals surface area contributed by atoms with Gasteiger partial charge in [-0.2, -0.15) is 0 Å². The first-order valence-corrected chi connectivity index (χ1v) is 21.3. The van der Waals surface area contributed by atoms with Crippen LogP contribution in [-0.4, -0.2) is 41.0 Å². The first kappa shape index (κ1) is 48.5. The molecule has 0 radical (unpaired) electrons. The van der Waals surface area contributed by atoms with Gasteiger partial charge in [-0.1, -0.05) is 164 Å². The summed E-state index contributed by atoms with van der Waals surface area (Å²) < 4.78 is 26.3. The number of allylic oxidation sites excluding steroid dienone is 12. The van der Waals surface area contributed by atoms with E-state index in [-0.39, 0.29) is 19.4 Å². The van der Waals surface area contributed by atoms with Crippen LogP contribution in [0, 0.1) is 0 Å². The predicted molar refractivity (Wildman–Crippen MR) is 211 cm³/mol. The van der Waals surface area contributed by atoms with Crippen LogP contribution < -0.4 is 0 Å². The molecule has 0 bridgehead atoms. The molecule has 0 aromatic rings. The normalized spacial score (nSPS) is 13.3. The van der Waals surface area contributed by atoms with E-state index in [0.717, 1.165) is 51.4 Å². The zero-order valence-corrected chi connectivity index (χ0v) is 32.9. The summed E-state index contributed by atoms with van der Waals surface area (Å²) >= 11 is 0. The van der Waals surface area contributed by atoms with Gasteiger partial charge in [-0.25, -0.2) is 4.57 Å². The van der Waals surface area contributed by atoms with Crippen molar-refractivity contribution in [3.8, 4) is 0 Å². The summed E-state index contributed by atoms with van der Waals surface area (Å²) in [5.74, 6) is -0.940. The summed E-state index contributed by atoms with van der Waals surface area (Å²) in [6.07, 6.45) is 47.7. The number of unbranched alkanes of at least 4 members (excludes halogenated alkanes) is 17. The second kappa shape index (κ2) is 37.3. The Labute approximate surface area is 310 Å². The highest BCUT2D eigenvalue weighted by Crippen LogP contribution is 2.36. The maximum absolute atomic E-state index is 12.3. The Morgan fingerprint density at radius 3 is 1.45 bits per heavy atom. The standard InChI is InChI=1S/C42H71O8P/c1-3-5-7-9-11-13-15-17-18-19-20-21-22-23-25-26-28-30-32-34-36-41(43)48-38-40(39-49-51(45,46)47)50-42(44)37-35-33-31-29-27-24-16-14-12-10-8-6-4-2/h6,8,10,12-18,24,27,40H,3-5,7,9,11,19-23,25-26,28-39H2,1-2H3,(H2,45,46,47)/b8-6+,12-10+,15-13+,16-14+,18-17+,27-24+. The second-order valence-electron chi connectivity index (χ2n) is 13.0. The van der Waals surface area contributed by atoms with Gasteiger partial charge in [0.15, 0.2) is 6.10 Å². The van der Waals surface area contributed by atoms with Gasteiger partial charge in [-0.15, -0.1) is 0 Å². The van der Waals surface area contributed by atoms with Gasteiger partial charge in [0.2, 0.25) is 0 Å². The maximum Gasteiger partial charge on any atom is 0.469 e. The van der Waals surface area contributed by atoms with Crippen LogP contribution in [0.25, 0.3) is 0 Å². The van der Waals surface area contributed by atoms with Crippen molar-refractivity contribution < 1.29 is 37.9 Å². The highest BCUT2D eigenvalue weighted by Gasteiger charge is 2.22. The molecule has 8 nitrogen and oxygen atoms in total. The molecule has 0 heterocycles. The third-order valence-corrected chi connectivity index (χ3v) is 8.57. The fraction of sp³-hybridized carbons (Fsp3) is 0.667. The Hall–Kier alpha value is -2.51. The van der Waals surface area contributed by atoms with Crippen molar-refractivity contribution in [2.24, 2.45) is 0 Å². The van der Waals surface area contributed by atoms with E-state index in [9.17, 15) is 14.2 Å². The van der Waals surface area contributed by atoms with Crippen LogP contribution in [-0.2, 0) is 28.2 Å². The molecule has 0 aliphatic rings. The lowest BCUT2D eigenvalue weighted by molar-refractivity contribution is -0.161. The molecular weight excluding hydrogens is 663 g/mol. The van der Waals surface area contributed by atoms with E-state index >= 15 is 0 Å². The lowest BCUT2D eigenvalue weighted by Gasteiger charge is -2.18. The average molecular weight is 735 g/mol. The molecule has 0 spiro atoms. The van der Waals surface area contributed by atoms with Crippen LogP contribution in [0.15, 0.2) is 72.9 Å². The van der Waals surface area contributed by atoms with Crippen molar-refractivity contribution in [3.63, 3.8) is 0 Å². The first-order valence-electron chi connectivity index (χ1n) is 19.8. The van der Waals surface area contributed by atoms with E-state index in [1.165, 1.54) is 70.6 Å². The summed E-state index contributed by atoms with van der Waals surface area (Å²) in [7, 11) is -4.77. The molecule has 9 heteroatoms. The average Bonchev–Trinajstić information content (AvgIpc) is 3.10. The summed E-state index contributed by atoms with van der Waals surface area (Å²) in [6.45, 7) is 3.47. The highest BCUT2D eigenvalue weighted by molar-refractivity contribution is 7.46. The van der Waals surface area contributed by atoms with Crippen molar-refractivity contribution in [2.45, 2.75) is 168 Å². The number of carbonyl (C=O) groups excluding carboxylic acids is 2. The van der Waals surface area contributed by atoms with Crippen LogP contribution in [0.1, 0.15) is 162 Å². The van der Waals surface area contributed by atoms with Crippen LogP contribution in [0.4, 0.5) is 0 Å². The number of phosphoric acid groups is 1. The van der Waals surface area contributed by atoms with E-state index in [0.29, 0.717) is 12.8 Å². The van der Waals surface area contributed by atoms with E-state index in [1.807, 2.05) is 36.5 Å². The Morgan fingerprint density at radius 1 is 0.529 bits per heavy atom. The molecule has 0 saturated heterocycles. The number of carbonyl (C=O) groups is 2. The quantitative estimate of drug-likeness (QED) is 0.0286. The minimum atomic E-state index is -4.77. The van der Waals surface area contributed by atoms with E-state index in [4.69, 9.17) is 19.3 Å². The molecule has 0 aromatic carbocycles. The van der Waals surface area contributed by atoms with E-state index < -0.39 is 32.5 Å². The molecule has 0 aromatic heterocycles. The molecule has 1 unspecified atom stereocenters. The molecule has 0 aliphatic carbocycles. The van der Waals surface area contributed by atoms with Gasteiger partial charge >= 0.3 is 19.8 Å². The Balaban J connectivity index is 3.97. The fourth-order valence-corrected chi connectivity index (χ4v) is 5.50. The number of phosphoric ester groups is 1. The molecule has 0 fully saturated rings. The smallest absolute Gasteiger partial charge is 0.462 e. The number of ether oxygens (including phenoxy) is 2. The van der Waals surface area contributed by atoms with Gasteiger partial charge in [0.25, 0.3) is 0 Å². The topological polar surface area (TPSA) is 119 Å². The Bertz CT molecular complexity index is 1050. The van der Waals surface area contributed by atoms with E-state index in [2.05, 4.69) is 54.8 Å². The maximum atomic E-state index is 12.3.